The number of aliphatic hydroxyl groups is 4. The van der Waals surface area contributed by atoms with Gasteiger partial charge in [0.2, 0.25) is 0 Å². The monoisotopic (exact) mass is 344 g/mol. The van der Waals surface area contributed by atoms with Crippen LogP contribution in [-0.2, 0) is 17.0 Å². The smallest absolute Gasteiger partial charge is 0.189 e. The van der Waals surface area contributed by atoms with Crippen LogP contribution in [0.25, 0.3) is 0 Å². The van der Waals surface area contributed by atoms with Crippen molar-refractivity contribution in [2.75, 3.05) is 0 Å². The SMILES string of the molecule is CCC(O)(O)c1ccc(C(C)(C)c2ccc(C(O)(O)CC)cc2)cc1. The Morgan fingerprint density at radius 2 is 0.800 bits per heavy atom. The molecule has 4 N–H and O–H groups in total. The summed E-state index contributed by atoms with van der Waals surface area (Å²) in [6.07, 6.45) is 0.442. The summed E-state index contributed by atoms with van der Waals surface area (Å²) in [6, 6.07) is 14.5. The Bertz CT molecular complexity index is 636. The number of hydrogen-bond acceptors (Lipinski definition) is 4. The molecule has 0 unspecified atom stereocenters. The normalized spacial score (nSPS) is 13.1. The molecular weight excluding hydrogens is 316 g/mol. The summed E-state index contributed by atoms with van der Waals surface area (Å²) in [5, 5.41) is 39.8. The molecule has 0 bridgehead atoms. The van der Waals surface area contributed by atoms with Gasteiger partial charge >= 0.3 is 0 Å². The molecule has 0 saturated heterocycles. The fourth-order valence-corrected chi connectivity index (χ4v) is 2.88. The highest BCUT2D eigenvalue weighted by atomic mass is 16.5. The van der Waals surface area contributed by atoms with Crippen molar-refractivity contribution in [3.63, 3.8) is 0 Å². The van der Waals surface area contributed by atoms with Gasteiger partial charge in [0.25, 0.3) is 0 Å². The molecule has 0 radical (unpaired) electrons. The largest absolute Gasteiger partial charge is 0.362 e. The Morgan fingerprint density at radius 3 is 1.04 bits per heavy atom. The Labute approximate surface area is 149 Å². The maximum Gasteiger partial charge on any atom is 0.189 e. The molecule has 0 saturated carbocycles. The van der Waals surface area contributed by atoms with Crippen LogP contribution in [0.2, 0.25) is 0 Å². The fourth-order valence-electron chi connectivity index (χ4n) is 2.88. The molecule has 2 aromatic rings. The molecule has 2 aromatic carbocycles. The minimum Gasteiger partial charge on any atom is -0.362 e. The Hall–Kier alpha value is -1.72. The molecule has 136 valence electrons. The molecule has 4 heteroatoms. The van der Waals surface area contributed by atoms with Crippen LogP contribution in [0, 0.1) is 0 Å². The number of rotatable bonds is 6. The number of hydrogen-bond donors (Lipinski definition) is 4. The van der Waals surface area contributed by atoms with Gasteiger partial charge in [0.05, 0.1) is 0 Å². The van der Waals surface area contributed by atoms with Crippen molar-refractivity contribution in [1.82, 2.24) is 0 Å². The second-order valence-electron chi connectivity index (χ2n) is 7.12. The van der Waals surface area contributed by atoms with E-state index in [1.165, 1.54) is 0 Å². The average molecular weight is 344 g/mol. The van der Waals surface area contributed by atoms with Gasteiger partial charge in [0.15, 0.2) is 11.6 Å². The van der Waals surface area contributed by atoms with Crippen LogP contribution in [0.5, 0.6) is 0 Å². The zero-order valence-electron chi connectivity index (χ0n) is 15.3. The third-order valence-electron chi connectivity index (χ3n) is 5.12. The summed E-state index contributed by atoms with van der Waals surface area (Å²) in [6.45, 7) is 7.59. The van der Waals surface area contributed by atoms with E-state index in [4.69, 9.17) is 0 Å². The highest BCUT2D eigenvalue weighted by molar-refractivity contribution is 5.40. The van der Waals surface area contributed by atoms with E-state index in [1.807, 2.05) is 24.3 Å². The van der Waals surface area contributed by atoms with Gasteiger partial charge in [-0.05, 0) is 11.1 Å². The van der Waals surface area contributed by atoms with Crippen LogP contribution in [0.3, 0.4) is 0 Å². The van der Waals surface area contributed by atoms with Gasteiger partial charge in [-0.1, -0.05) is 76.2 Å². The summed E-state index contributed by atoms with van der Waals surface area (Å²) in [7, 11) is 0. The van der Waals surface area contributed by atoms with Crippen LogP contribution in [0.15, 0.2) is 48.5 Å². The first-order chi connectivity index (χ1) is 11.5. The van der Waals surface area contributed by atoms with Gasteiger partial charge < -0.3 is 20.4 Å². The minimum atomic E-state index is -1.81. The van der Waals surface area contributed by atoms with Gasteiger partial charge in [-0.15, -0.1) is 0 Å². The molecule has 0 spiro atoms. The summed E-state index contributed by atoms with van der Waals surface area (Å²) in [4.78, 5) is 0. The summed E-state index contributed by atoms with van der Waals surface area (Å²) in [5.41, 5.74) is 2.70. The van der Waals surface area contributed by atoms with E-state index in [1.54, 1.807) is 38.1 Å². The number of benzene rings is 2. The van der Waals surface area contributed by atoms with E-state index in [0.717, 1.165) is 11.1 Å². The van der Waals surface area contributed by atoms with Crippen molar-refractivity contribution < 1.29 is 20.4 Å². The lowest BCUT2D eigenvalue weighted by atomic mass is 9.77. The third-order valence-corrected chi connectivity index (χ3v) is 5.12. The topological polar surface area (TPSA) is 80.9 Å². The second kappa shape index (κ2) is 6.89. The maximum absolute atomic E-state index is 9.94. The Kier molecular flexibility index (Phi) is 5.40. The molecule has 0 aliphatic heterocycles. The molecule has 4 nitrogen and oxygen atoms in total. The predicted octanol–water partition coefficient (Wildman–Crippen LogP) is 3.11. The van der Waals surface area contributed by atoms with Crippen molar-refractivity contribution in [2.24, 2.45) is 0 Å². The van der Waals surface area contributed by atoms with Gasteiger partial charge in [0, 0.05) is 29.4 Å². The van der Waals surface area contributed by atoms with Crippen LogP contribution in [0.4, 0.5) is 0 Å². The Morgan fingerprint density at radius 1 is 0.560 bits per heavy atom. The molecule has 0 aliphatic rings. The minimum absolute atomic E-state index is 0.221. The highest BCUT2D eigenvalue weighted by Gasteiger charge is 2.28. The van der Waals surface area contributed by atoms with Crippen molar-refractivity contribution in [3.05, 3.63) is 70.8 Å². The zero-order valence-corrected chi connectivity index (χ0v) is 15.3. The third kappa shape index (κ3) is 3.93. The summed E-state index contributed by atoms with van der Waals surface area (Å²) >= 11 is 0. The maximum atomic E-state index is 9.94. The molecule has 0 aromatic heterocycles. The molecule has 0 fully saturated rings. The first-order valence-corrected chi connectivity index (χ1v) is 8.66. The van der Waals surface area contributed by atoms with Gasteiger partial charge in [0.1, 0.15) is 0 Å². The predicted molar refractivity (Wildman–Crippen MR) is 97.8 cm³/mol. The van der Waals surface area contributed by atoms with E-state index < -0.39 is 11.6 Å². The van der Waals surface area contributed by atoms with Crippen LogP contribution in [-0.4, -0.2) is 20.4 Å². The lowest BCUT2D eigenvalue weighted by Gasteiger charge is -2.28. The lowest BCUT2D eigenvalue weighted by Crippen LogP contribution is -2.25. The standard InChI is InChI=1S/C21H28O4/c1-5-20(22,23)17-11-7-15(8-12-17)19(3,4)16-9-13-18(14-10-16)21(24,25)6-2/h7-14,22-25H,5-6H2,1-4H3. The van der Waals surface area contributed by atoms with Crippen molar-refractivity contribution >= 4 is 0 Å². The second-order valence-corrected chi connectivity index (χ2v) is 7.12. The van der Waals surface area contributed by atoms with Crippen molar-refractivity contribution in [3.8, 4) is 0 Å². The molecule has 2 rings (SSSR count). The van der Waals surface area contributed by atoms with E-state index >= 15 is 0 Å². The van der Waals surface area contributed by atoms with E-state index in [0.29, 0.717) is 11.1 Å². The van der Waals surface area contributed by atoms with Gasteiger partial charge in [-0.3, -0.25) is 0 Å². The Balaban J connectivity index is 2.32. The molecular formula is C21H28O4. The summed E-state index contributed by atoms with van der Waals surface area (Å²) in [5.74, 6) is -3.62. The lowest BCUT2D eigenvalue weighted by molar-refractivity contribution is -0.171. The zero-order chi connectivity index (χ0) is 18.9. The molecule has 0 aliphatic carbocycles. The molecule has 0 amide bonds. The van der Waals surface area contributed by atoms with Crippen LogP contribution >= 0.6 is 0 Å². The average Bonchev–Trinajstić information content (AvgIpc) is 2.62. The van der Waals surface area contributed by atoms with Gasteiger partial charge in [-0.2, -0.15) is 0 Å². The van der Waals surface area contributed by atoms with Gasteiger partial charge in [-0.25, -0.2) is 0 Å². The molecule has 0 heterocycles. The van der Waals surface area contributed by atoms with Crippen LogP contribution in [0.1, 0.15) is 62.8 Å². The molecule has 25 heavy (non-hydrogen) atoms. The van der Waals surface area contributed by atoms with E-state index in [2.05, 4.69) is 13.8 Å². The van der Waals surface area contributed by atoms with Crippen molar-refractivity contribution in [1.29, 1.82) is 0 Å². The first kappa shape index (κ1) is 19.6. The molecule has 0 atom stereocenters. The van der Waals surface area contributed by atoms with Crippen LogP contribution < -0.4 is 0 Å². The fraction of sp³-hybridized carbons (Fsp3) is 0.429. The summed E-state index contributed by atoms with van der Waals surface area (Å²) < 4.78 is 0. The van der Waals surface area contributed by atoms with E-state index in [9.17, 15) is 20.4 Å². The quantitative estimate of drug-likeness (QED) is 0.607. The van der Waals surface area contributed by atoms with Crippen molar-refractivity contribution in [2.45, 2.75) is 57.5 Å². The first-order valence-electron chi connectivity index (χ1n) is 8.66. The highest BCUT2D eigenvalue weighted by Crippen LogP contribution is 2.34. The van der Waals surface area contributed by atoms with E-state index in [-0.39, 0.29) is 18.3 Å².